The van der Waals surface area contributed by atoms with Crippen molar-refractivity contribution in [1.29, 1.82) is 0 Å². The lowest BCUT2D eigenvalue weighted by atomic mass is 9.90. The van der Waals surface area contributed by atoms with Gasteiger partial charge in [-0.05, 0) is 51.4 Å². The zero-order valence-electron chi connectivity index (χ0n) is 12.5. The maximum atomic E-state index is 11.7. The molecule has 0 saturated heterocycles. The molecule has 2 rings (SSSR count). The predicted octanol–water partition coefficient (Wildman–Crippen LogP) is 1.74. The smallest absolute Gasteiger partial charge is 0.338 e. The van der Waals surface area contributed by atoms with Gasteiger partial charge in [0.15, 0.2) is 0 Å². The van der Waals surface area contributed by atoms with E-state index < -0.39 is 6.10 Å². The molecule has 21 heavy (non-hydrogen) atoms. The first-order valence-corrected chi connectivity index (χ1v) is 7.45. The first kappa shape index (κ1) is 15.8. The third-order valence-electron chi connectivity index (χ3n) is 3.80. The van der Waals surface area contributed by atoms with Crippen LogP contribution in [0.3, 0.4) is 0 Å². The zero-order chi connectivity index (χ0) is 15.2. The molecule has 0 aliphatic heterocycles. The molecule has 0 amide bonds. The van der Waals surface area contributed by atoms with E-state index in [1.807, 2.05) is 7.05 Å². The van der Waals surface area contributed by atoms with Gasteiger partial charge in [-0.2, -0.15) is 0 Å². The Morgan fingerprint density at radius 1 is 1.43 bits per heavy atom. The summed E-state index contributed by atoms with van der Waals surface area (Å²) in [5, 5.41) is 13.4. The van der Waals surface area contributed by atoms with Crippen LogP contribution in [0, 0.1) is 0 Å². The number of benzene rings is 1. The number of hydrogen-bond acceptors (Lipinski definition) is 5. The number of carbonyl (C=O) groups excluding carboxylic acids is 1. The molecule has 0 bridgehead atoms. The Morgan fingerprint density at radius 3 is 2.95 bits per heavy atom. The van der Waals surface area contributed by atoms with E-state index in [2.05, 4.69) is 5.32 Å². The van der Waals surface area contributed by atoms with E-state index in [0.717, 1.165) is 19.3 Å². The van der Waals surface area contributed by atoms with Crippen molar-refractivity contribution in [2.45, 2.75) is 44.4 Å². The summed E-state index contributed by atoms with van der Waals surface area (Å²) in [4.78, 5) is 11.7. The lowest BCUT2D eigenvalue weighted by Gasteiger charge is -2.34. The van der Waals surface area contributed by atoms with Crippen LogP contribution in [0.5, 0.6) is 5.75 Å². The van der Waals surface area contributed by atoms with E-state index >= 15 is 0 Å². The molecule has 1 aromatic rings. The molecule has 116 valence electrons. The van der Waals surface area contributed by atoms with E-state index in [-0.39, 0.29) is 18.1 Å². The van der Waals surface area contributed by atoms with Crippen molar-refractivity contribution < 1.29 is 19.4 Å². The van der Waals surface area contributed by atoms with E-state index in [0.29, 0.717) is 17.9 Å². The van der Waals surface area contributed by atoms with Crippen LogP contribution < -0.4 is 10.1 Å². The van der Waals surface area contributed by atoms with Gasteiger partial charge in [-0.15, -0.1) is 0 Å². The fourth-order valence-corrected chi connectivity index (χ4v) is 2.67. The normalized spacial score (nSPS) is 25.4. The van der Waals surface area contributed by atoms with Crippen molar-refractivity contribution in [1.82, 2.24) is 5.32 Å². The highest BCUT2D eigenvalue weighted by molar-refractivity contribution is 5.89. The van der Waals surface area contributed by atoms with Gasteiger partial charge >= 0.3 is 5.97 Å². The maximum absolute atomic E-state index is 11.7. The van der Waals surface area contributed by atoms with Gasteiger partial charge in [0.25, 0.3) is 0 Å². The minimum Gasteiger partial charge on any atom is -0.488 e. The molecule has 0 heterocycles. The van der Waals surface area contributed by atoms with Crippen molar-refractivity contribution in [2.75, 3.05) is 13.7 Å². The molecular formula is C16H23NO4. The molecule has 0 radical (unpaired) electrons. The predicted molar refractivity (Wildman–Crippen MR) is 79.5 cm³/mol. The lowest BCUT2D eigenvalue weighted by Crippen LogP contribution is -2.50. The molecule has 5 heteroatoms. The van der Waals surface area contributed by atoms with Gasteiger partial charge in [-0.1, -0.05) is 6.07 Å². The topological polar surface area (TPSA) is 67.8 Å². The van der Waals surface area contributed by atoms with Gasteiger partial charge in [0.05, 0.1) is 12.2 Å². The van der Waals surface area contributed by atoms with Crippen LogP contribution in [-0.4, -0.2) is 43.0 Å². The number of carbonyl (C=O) groups is 1. The number of esters is 1. The Bertz CT molecular complexity index is 477. The molecule has 1 aromatic carbocycles. The van der Waals surface area contributed by atoms with Crippen molar-refractivity contribution in [3.63, 3.8) is 0 Å². The third kappa shape index (κ3) is 3.95. The maximum Gasteiger partial charge on any atom is 0.338 e. The Hall–Kier alpha value is -1.59. The molecular weight excluding hydrogens is 270 g/mol. The Labute approximate surface area is 125 Å². The molecule has 0 aromatic heterocycles. The molecule has 0 spiro atoms. The van der Waals surface area contributed by atoms with Crippen molar-refractivity contribution in [3.8, 4) is 5.75 Å². The Kier molecular flexibility index (Phi) is 5.59. The first-order valence-electron chi connectivity index (χ1n) is 7.45. The van der Waals surface area contributed by atoms with E-state index in [9.17, 15) is 9.90 Å². The molecule has 5 nitrogen and oxygen atoms in total. The second-order valence-corrected chi connectivity index (χ2v) is 5.22. The standard InChI is InChI=1S/C16H23NO4/c1-3-20-16(19)11-6-4-7-12(10-11)21-14-9-5-8-13(17-2)15(14)18/h4,6-7,10,13-15,17-18H,3,5,8-9H2,1-2H3/t13-,14-,15-/m0/s1. The SMILES string of the molecule is CCOC(=O)c1cccc(O[C@H]2CCC[C@H](NC)[C@@H]2O)c1. The zero-order valence-corrected chi connectivity index (χ0v) is 12.5. The summed E-state index contributed by atoms with van der Waals surface area (Å²) in [5.41, 5.74) is 0.463. The van der Waals surface area contributed by atoms with Crippen LogP contribution >= 0.6 is 0 Å². The summed E-state index contributed by atoms with van der Waals surface area (Å²) in [6.07, 6.45) is 1.96. The highest BCUT2D eigenvalue weighted by Gasteiger charge is 2.32. The Balaban J connectivity index is 2.05. The summed E-state index contributed by atoms with van der Waals surface area (Å²) < 4.78 is 10.8. The van der Waals surface area contributed by atoms with E-state index in [1.54, 1.807) is 31.2 Å². The average molecular weight is 293 g/mol. The van der Waals surface area contributed by atoms with E-state index in [4.69, 9.17) is 9.47 Å². The van der Waals surface area contributed by atoms with Gasteiger partial charge in [-0.3, -0.25) is 0 Å². The van der Waals surface area contributed by atoms with Crippen LogP contribution in [0.25, 0.3) is 0 Å². The van der Waals surface area contributed by atoms with Gasteiger partial charge in [0.2, 0.25) is 0 Å². The second-order valence-electron chi connectivity index (χ2n) is 5.22. The molecule has 1 fully saturated rings. The molecule has 1 aliphatic carbocycles. The quantitative estimate of drug-likeness (QED) is 0.810. The molecule has 1 aliphatic rings. The largest absolute Gasteiger partial charge is 0.488 e. The number of aliphatic hydroxyl groups is 1. The van der Waals surface area contributed by atoms with Crippen molar-refractivity contribution >= 4 is 5.97 Å². The minimum atomic E-state index is -0.546. The first-order chi connectivity index (χ1) is 10.2. The van der Waals surface area contributed by atoms with Gasteiger partial charge in [0.1, 0.15) is 18.0 Å². The van der Waals surface area contributed by atoms with Gasteiger partial charge in [0, 0.05) is 6.04 Å². The van der Waals surface area contributed by atoms with Gasteiger partial charge < -0.3 is 19.9 Å². The number of nitrogens with one attached hydrogen (secondary N) is 1. The third-order valence-corrected chi connectivity index (χ3v) is 3.80. The molecule has 2 N–H and O–H groups in total. The number of hydrogen-bond donors (Lipinski definition) is 2. The average Bonchev–Trinajstić information content (AvgIpc) is 2.50. The number of likely N-dealkylation sites (N-methyl/N-ethyl adjacent to an activating group) is 1. The van der Waals surface area contributed by atoms with Crippen molar-refractivity contribution in [3.05, 3.63) is 29.8 Å². The highest BCUT2D eigenvalue weighted by atomic mass is 16.5. The lowest BCUT2D eigenvalue weighted by molar-refractivity contribution is -0.0135. The molecule has 1 saturated carbocycles. The summed E-state index contributed by atoms with van der Waals surface area (Å²) in [6, 6.07) is 6.95. The summed E-state index contributed by atoms with van der Waals surface area (Å²) in [5.74, 6) is 0.224. The van der Waals surface area contributed by atoms with Crippen LogP contribution in [0.4, 0.5) is 0 Å². The van der Waals surface area contributed by atoms with Crippen molar-refractivity contribution in [2.24, 2.45) is 0 Å². The Morgan fingerprint density at radius 2 is 2.24 bits per heavy atom. The summed E-state index contributed by atoms with van der Waals surface area (Å²) in [6.45, 7) is 2.11. The fourth-order valence-electron chi connectivity index (χ4n) is 2.67. The second kappa shape index (κ2) is 7.43. The van der Waals surface area contributed by atoms with Crippen LogP contribution in [0.1, 0.15) is 36.5 Å². The van der Waals surface area contributed by atoms with Crippen LogP contribution in [-0.2, 0) is 4.74 Å². The number of aliphatic hydroxyl groups excluding tert-OH is 1. The number of rotatable bonds is 5. The summed E-state index contributed by atoms with van der Waals surface area (Å²) in [7, 11) is 1.84. The monoisotopic (exact) mass is 293 g/mol. The highest BCUT2D eigenvalue weighted by Crippen LogP contribution is 2.25. The minimum absolute atomic E-state index is 0.0528. The van der Waals surface area contributed by atoms with Crippen LogP contribution in [0.15, 0.2) is 24.3 Å². The molecule has 0 unspecified atom stereocenters. The van der Waals surface area contributed by atoms with E-state index in [1.165, 1.54) is 0 Å². The molecule has 3 atom stereocenters. The fraction of sp³-hybridized carbons (Fsp3) is 0.562. The van der Waals surface area contributed by atoms with Gasteiger partial charge in [-0.25, -0.2) is 4.79 Å². The number of ether oxygens (including phenoxy) is 2. The van der Waals surface area contributed by atoms with Crippen LogP contribution in [0.2, 0.25) is 0 Å². The summed E-state index contributed by atoms with van der Waals surface area (Å²) >= 11 is 0.